The summed E-state index contributed by atoms with van der Waals surface area (Å²) >= 11 is 1.70. The van der Waals surface area contributed by atoms with E-state index in [1.54, 1.807) is 18.3 Å². The molecule has 168 valence electrons. The third-order valence-corrected chi connectivity index (χ3v) is 8.44. The van der Waals surface area contributed by atoms with Crippen LogP contribution in [0.25, 0.3) is 32.6 Å². The van der Waals surface area contributed by atoms with Gasteiger partial charge in [0.2, 0.25) is 0 Å². The van der Waals surface area contributed by atoms with Crippen molar-refractivity contribution in [3.05, 3.63) is 35.9 Å². The SMILES string of the molecule is Cc1nc2c(C#N)cc(-c3cc4sc(N(C)[C@H]5C[C@]6(C)CC[C@](C)(C5)N6)nc4cn3)cc2o1. The van der Waals surface area contributed by atoms with Crippen molar-refractivity contribution in [2.24, 2.45) is 0 Å². The van der Waals surface area contributed by atoms with Crippen molar-refractivity contribution < 1.29 is 4.42 Å². The molecule has 1 N–H and O–H groups in total. The lowest BCUT2D eigenvalue weighted by Crippen LogP contribution is -2.58. The molecular formula is C25H26N6OS. The van der Waals surface area contributed by atoms with Crippen LogP contribution in [0.1, 0.15) is 51.0 Å². The summed E-state index contributed by atoms with van der Waals surface area (Å²) in [4.78, 5) is 16.3. The number of nitrogens with one attached hydrogen (secondary N) is 1. The van der Waals surface area contributed by atoms with Gasteiger partial charge in [0.15, 0.2) is 16.6 Å². The summed E-state index contributed by atoms with van der Waals surface area (Å²) in [5, 5.41) is 14.5. The average molecular weight is 459 g/mol. The molecule has 0 amide bonds. The predicted molar refractivity (Wildman–Crippen MR) is 130 cm³/mol. The minimum Gasteiger partial charge on any atom is -0.441 e. The zero-order valence-electron chi connectivity index (χ0n) is 19.3. The highest BCUT2D eigenvalue weighted by atomic mass is 32.1. The van der Waals surface area contributed by atoms with E-state index in [4.69, 9.17) is 9.40 Å². The first-order valence-electron chi connectivity index (χ1n) is 11.3. The van der Waals surface area contributed by atoms with Crippen LogP contribution >= 0.6 is 11.3 Å². The van der Waals surface area contributed by atoms with E-state index in [0.29, 0.717) is 28.6 Å². The molecule has 4 aromatic rings. The van der Waals surface area contributed by atoms with Crippen LogP contribution in [0.4, 0.5) is 5.13 Å². The lowest BCUT2D eigenvalue weighted by molar-refractivity contribution is 0.208. The van der Waals surface area contributed by atoms with E-state index in [1.165, 1.54) is 12.8 Å². The number of nitriles is 1. The molecule has 2 aliphatic heterocycles. The second kappa shape index (κ2) is 6.99. The van der Waals surface area contributed by atoms with Crippen LogP contribution < -0.4 is 10.2 Å². The maximum atomic E-state index is 9.58. The molecule has 3 aromatic heterocycles. The molecule has 0 aliphatic carbocycles. The zero-order valence-corrected chi connectivity index (χ0v) is 20.1. The number of piperidine rings is 1. The van der Waals surface area contributed by atoms with Crippen molar-refractivity contribution in [2.75, 3.05) is 11.9 Å². The van der Waals surface area contributed by atoms with E-state index >= 15 is 0 Å². The van der Waals surface area contributed by atoms with Gasteiger partial charge in [-0.2, -0.15) is 5.26 Å². The van der Waals surface area contributed by atoms with Crippen molar-refractivity contribution in [1.29, 1.82) is 5.26 Å². The van der Waals surface area contributed by atoms with E-state index < -0.39 is 0 Å². The summed E-state index contributed by atoms with van der Waals surface area (Å²) in [6, 6.07) is 8.50. The molecule has 6 rings (SSSR count). The van der Waals surface area contributed by atoms with E-state index in [0.717, 1.165) is 39.4 Å². The summed E-state index contributed by atoms with van der Waals surface area (Å²) in [5.74, 6) is 0.547. The first kappa shape index (κ1) is 20.6. The van der Waals surface area contributed by atoms with Gasteiger partial charge in [-0.3, -0.25) is 4.98 Å². The number of benzene rings is 1. The fraction of sp³-hybridized carbons (Fsp3) is 0.440. The Hall–Kier alpha value is -3.02. The van der Waals surface area contributed by atoms with Gasteiger partial charge >= 0.3 is 0 Å². The van der Waals surface area contributed by atoms with Gasteiger partial charge in [0, 0.05) is 36.7 Å². The van der Waals surface area contributed by atoms with E-state index in [2.05, 4.69) is 53.2 Å². The molecular weight excluding hydrogens is 432 g/mol. The predicted octanol–water partition coefficient (Wildman–Crippen LogP) is 5.18. The van der Waals surface area contributed by atoms with Gasteiger partial charge in [-0.1, -0.05) is 11.3 Å². The van der Waals surface area contributed by atoms with Crippen LogP contribution in [0.2, 0.25) is 0 Å². The van der Waals surface area contributed by atoms with Gasteiger partial charge in [0.05, 0.1) is 22.2 Å². The van der Waals surface area contributed by atoms with E-state index in [9.17, 15) is 5.26 Å². The standard InChI is InChI=1S/C25H26N6OS/c1-14-28-22-16(12-26)7-15(8-20(22)32-14)18-9-21-19(13-27-18)29-23(33-21)31(4)17-10-24(2)5-6-25(3,11-17)30-24/h7-9,13,17,30H,5-6,10-11H2,1-4H3/t17-,24-,25+. The minimum absolute atomic E-state index is 0.216. The number of rotatable bonds is 3. The molecule has 33 heavy (non-hydrogen) atoms. The van der Waals surface area contributed by atoms with Crippen molar-refractivity contribution >= 4 is 37.8 Å². The lowest BCUT2D eigenvalue weighted by atomic mass is 9.84. The smallest absolute Gasteiger partial charge is 0.192 e. The van der Waals surface area contributed by atoms with Gasteiger partial charge < -0.3 is 14.6 Å². The molecule has 0 unspecified atom stereocenters. The number of hydrogen-bond donors (Lipinski definition) is 1. The molecule has 5 heterocycles. The first-order chi connectivity index (χ1) is 15.7. The van der Waals surface area contributed by atoms with Crippen molar-refractivity contribution in [3.63, 3.8) is 0 Å². The number of anilines is 1. The first-order valence-corrected chi connectivity index (χ1v) is 12.2. The van der Waals surface area contributed by atoms with Crippen molar-refractivity contribution in [2.45, 2.75) is 63.6 Å². The second-order valence-electron chi connectivity index (χ2n) is 10.2. The lowest BCUT2D eigenvalue weighted by Gasteiger charge is -2.45. The Kier molecular flexibility index (Phi) is 4.36. The highest BCUT2D eigenvalue weighted by molar-refractivity contribution is 7.22. The molecule has 0 spiro atoms. The maximum absolute atomic E-state index is 9.58. The number of pyridine rings is 1. The van der Waals surface area contributed by atoms with Crippen molar-refractivity contribution in [3.8, 4) is 17.3 Å². The summed E-state index contributed by atoms with van der Waals surface area (Å²) in [7, 11) is 2.17. The molecule has 2 saturated heterocycles. The van der Waals surface area contributed by atoms with Crippen LogP contribution in [-0.4, -0.2) is 39.1 Å². The second-order valence-corrected chi connectivity index (χ2v) is 11.2. The Labute approximate surface area is 196 Å². The molecule has 3 atom stereocenters. The number of aromatic nitrogens is 3. The normalized spacial score (nSPS) is 26.7. The van der Waals surface area contributed by atoms with Gasteiger partial charge in [0.1, 0.15) is 17.1 Å². The number of thiazole rings is 1. The molecule has 0 radical (unpaired) electrons. The molecule has 7 nitrogen and oxygen atoms in total. The van der Waals surface area contributed by atoms with Crippen LogP contribution in [0.5, 0.6) is 0 Å². The average Bonchev–Trinajstić information content (AvgIpc) is 3.43. The third-order valence-electron chi connectivity index (χ3n) is 7.34. The van der Waals surface area contributed by atoms with Gasteiger partial charge in [-0.15, -0.1) is 0 Å². The Balaban J connectivity index is 1.34. The summed E-state index contributed by atoms with van der Waals surface area (Å²) in [6.07, 6.45) is 6.56. The quantitative estimate of drug-likeness (QED) is 0.452. The maximum Gasteiger partial charge on any atom is 0.192 e. The van der Waals surface area contributed by atoms with Crippen LogP contribution in [0, 0.1) is 18.3 Å². The summed E-state index contributed by atoms with van der Waals surface area (Å²) in [5.41, 5.74) is 4.67. The molecule has 2 aliphatic rings. The highest BCUT2D eigenvalue weighted by Crippen LogP contribution is 2.44. The Bertz CT molecular complexity index is 1430. The fourth-order valence-electron chi connectivity index (χ4n) is 5.76. The van der Waals surface area contributed by atoms with Crippen molar-refractivity contribution in [1.82, 2.24) is 20.3 Å². The monoisotopic (exact) mass is 458 g/mol. The highest BCUT2D eigenvalue weighted by Gasteiger charge is 2.49. The number of fused-ring (bicyclic) bond motifs is 4. The number of nitrogens with zero attached hydrogens (tertiary/aromatic N) is 5. The van der Waals surface area contributed by atoms with E-state index in [-0.39, 0.29) is 11.1 Å². The molecule has 1 aromatic carbocycles. The zero-order chi connectivity index (χ0) is 23.0. The number of hydrogen-bond acceptors (Lipinski definition) is 8. The fourth-order valence-corrected chi connectivity index (χ4v) is 6.76. The largest absolute Gasteiger partial charge is 0.441 e. The Morgan fingerprint density at radius 1 is 1.18 bits per heavy atom. The van der Waals surface area contributed by atoms with Gasteiger partial charge in [-0.05, 0) is 57.7 Å². The molecule has 8 heteroatoms. The Morgan fingerprint density at radius 3 is 2.67 bits per heavy atom. The van der Waals surface area contributed by atoms with Gasteiger partial charge in [-0.25, -0.2) is 9.97 Å². The summed E-state index contributed by atoms with van der Waals surface area (Å²) < 4.78 is 6.78. The van der Waals surface area contributed by atoms with Crippen LogP contribution in [0.15, 0.2) is 28.8 Å². The minimum atomic E-state index is 0.216. The van der Waals surface area contributed by atoms with E-state index in [1.807, 2.05) is 18.3 Å². The van der Waals surface area contributed by atoms with Crippen LogP contribution in [0.3, 0.4) is 0 Å². The van der Waals surface area contributed by atoms with Gasteiger partial charge in [0.25, 0.3) is 0 Å². The summed E-state index contributed by atoms with van der Waals surface area (Å²) in [6.45, 7) is 6.50. The van der Waals surface area contributed by atoms with Crippen LogP contribution in [-0.2, 0) is 0 Å². The topological polar surface area (TPSA) is 90.9 Å². The Morgan fingerprint density at radius 2 is 1.94 bits per heavy atom. The molecule has 2 bridgehead atoms. The molecule has 0 saturated carbocycles. The third kappa shape index (κ3) is 3.38. The number of oxazole rings is 1. The number of aryl methyl sites for hydroxylation is 1. The molecule has 2 fully saturated rings.